The Hall–Kier alpha value is -3.15. The first kappa shape index (κ1) is 18.6. The van der Waals surface area contributed by atoms with Crippen molar-refractivity contribution in [2.24, 2.45) is 0 Å². The summed E-state index contributed by atoms with van der Waals surface area (Å²) >= 11 is 0. The molecule has 1 aliphatic heterocycles. The molecule has 0 radical (unpaired) electrons. The summed E-state index contributed by atoms with van der Waals surface area (Å²) < 4.78 is 5.20. The molecule has 1 N–H and O–H groups in total. The second-order valence-corrected chi connectivity index (χ2v) is 7.02. The van der Waals surface area contributed by atoms with Crippen molar-refractivity contribution in [3.8, 4) is 0 Å². The molecule has 1 aliphatic rings. The van der Waals surface area contributed by atoms with Crippen LogP contribution in [0.3, 0.4) is 0 Å². The minimum absolute atomic E-state index is 0.0976. The first-order chi connectivity index (χ1) is 12.8. The number of hydrogen-bond donors (Lipinski definition) is 1. The van der Waals surface area contributed by atoms with Crippen molar-refractivity contribution >= 4 is 29.2 Å². The predicted octanol–water partition coefficient (Wildman–Crippen LogP) is 2.84. The summed E-state index contributed by atoms with van der Waals surface area (Å²) in [6.07, 6.45) is 0.0976. The van der Waals surface area contributed by atoms with Crippen molar-refractivity contribution < 1.29 is 19.1 Å². The molecule has 2 amide bonds. The van der Waals surface area contributed by atoms with E-state index < -0.39 is 24.0 Å². The minimum atomic E-state index is -1.09. The lowest BCUT2D eigenvalue weighted by Gasteiger charge is -2.41. The van der Waals surface area contributed by atoms with Gasteiger partial charge in [-0.05, 0) is 44.0 Å². The number of rotatable bonds is 4. The summed E-state index contributed by atoms with van der Waals surface area (Å²) in [5.74, 6) is -1.22. The molecular weight excluding hydrogens is 344 g/mol. The fourth-order valence-corrected chi connectivity index (χ4v) is 3.12. The van der Waals surface area contributed by atoms with E-state index >= 15 is 0 Å². The lowest BCUT2D eigenvalue weighted by Crippen LogP contribution is -2.59. The van der Waals surface area contributed by atoms with Gasteiger partial charge in [-0.3, -0.25) is 19.3 Å². The molecule has 0 fully saturated rings. The molecule has 6 nitrogen and oxygen atoms in total. The smallest absolute Gasteiger partial charge is 0.310 e. The van der Waals surface area contributed by atoms with Gasteiger partial charge >= 0.3 is 5.97 Å². The van der Waals surface area contributed by atoms with Gasteiger partial charge in [0.15, 0.2) is 6.61 Å². The van der Waals surface area contributed by atoms with Crippen LogP contribution in [0.25, 0.3) is 0 Å². The highest BCUT2D eigenvalue weighted by Gasteiger charge is 2.43. The summed E-state index contributed by atoms with van der Waals surface area (Å²) in [6.45, 7) is 4.81. The second kappa shape index (κ2) is 7.23. The lowest BCUT2D eigenvalue weighted by atomic mass is 9.96. The third-order valence-corrected chi connectivity index (χ3v) is 4.71. The Kier molecular flexibility index (Phi) is 4.99. The number of carbonyl (C=O) groups excluding carboxylic acids is 3. The van der Waals surface area contributed by atoms with Gasteiger partial charge in [0.05, 0.1) is 17.8 Å². The van der Waals surface area contributed by atoms with E-state index in [-0.39, 0.29) is 12.3 Å². The molecule has 0 saturated carbocycles. The van der Waals surface area contributed by atoms with E-state index in [0.717, 1.165) is 11.1 Å². The summed E-state index contributed by atoms with van der Waals surface area (Å²) in [5, 5.41) is 2.80. The fraction of sp³-hybridized carbons (Fsp3) is 0.286. The third kappa shape index (κ3) is 3.69. The number of para-hydroxylation sites is 2. The summed E-state index contributed by atoms with van der Waals surface area (Å²) in [4.78, 5) is 38.8. The lowest BCUT2D eigenvalue weighted by molar-refractivity contribution is -0.147. The predicted molar refractivity (Wildman–Crippen MR) is 102 cm³/mol. The maximum Gasteiger partial charge on any atom is 0.310 e. The highest BCUT2D eigenvalue weighted by molar-refractivity contribution is 6.14. The quantitative estimate of drug-likeness (QED) is 0.845. The number of ether oxygens (including phenoxy) is 1. The molecule has 1 heterocycles. The summed E-state index contributed by atoms with van der Waals surface area (Å²) in [5.41, 5.74) is 1.90. The van der Waals surface area contributed by atoms with Gasteiger partial charge in [-0.15, -0.1) is 0 Å². The Bertz CT molecular complexity index is 905. The van der Waals surface area contributed by atoms with Gasteiger partial charge in [0.2, 0.25) is 5.91 Å². The molecule has 27 heavy (non-hydrogen) atoms. The molecule has 2 aromatic carbocycles. The van der Waals surface area contributed by atoms with E-state index in [2.05, 4.69) is 5.32 Å². The fourth-order valence-electron chi connectivity index (χ4n) is 3.12. The van der Waals surface area contributed by atoms with Crippen LogP contribution in [0.2, 0.25) is 0 Å². The van der Waals surface area contributed by atoms with Gasteiger partial charge < -0.3 is 10.1 Å². The van der Waals surface area contributed by atoms with E-state index in [1.165, 1.54) is 4.90 Å². The average molecular weight is 366 g/mol. The number of esters is 1. The monoisotopic (exact) mass is 366 g/mol. The van der Waals surface area contributed by atoms with Crippen LogP contribution in [0.15, 0.2) is 48.5 Å². The van der Waals surface area contributed by atoms with Crippen LogP contribution in [-0.4, -0.2) is 29.9 Å². The van der Waals surface area contributed by atoms with Gasteiger partial charge in [-0.1, -0.05) is 36.4 Å². The van der Waals surface area contributed by atoms with E-state index in [9.17, 15) is 14.4 Å². The van der Waals surface area contributed by atoms with Crippen LogP contribution in [0.4, 0.5) is 11.4 Å². The maximum atomic E-state index is 12.8. The maximum absolute atomic E-state index is 12.8. The number of hydrogen-bond acceptors (Lipinski definition) is 4. The molecule has 2 aromatic rings. The van der Waals surface area contributed by atoms with Crippen molar-refractivity contribution in [1.29, 1.82) is 0 Å². The van der Waals surface area contributed by atoms with Crippen LogP contribution in [-0.2, 0) is 25.5 Å². The molecule has 6 heteroatoms. The molecular formula is C21H22N2O4. The number of carbonyl (C=O) groups is 3. The van der Waals surface area contributed by atoms with Gasteiger partial charge in [0, 0.05) is 0 Å². The zero-order chi connectivity index (χ0) is 19.6. The van der Waals surface area contributed by atoms with E-state index in [1.54, 1.807) is 38.1 Å². The molecule has 0 saturated heterocycles. The van der Waals surface area contributed by atoms with Crippen molar-refractivity contribution in [3.63, 3.8) is 0 Å². The highest BCUT2D eigenvalue weighted by atomic mass is 16.5. The zero-order valence-electron chi connectivity index (χ0n) is 15.6. The zero-order valence-corrected chi connectivity index (χ0v) is 15.6. The molecule has 3 rings (SSSR count). The van der Waals surface area contributed by atoms with Gasteiger partial charge in [-0.2, -0.15) is 0 Å². The van der Waals surface area contributed by atoms with E-state index in [0.29, 0.717) is 11.4 Å². The van der Waals surface area contributed by atoms with Crippen molar-refractivity contribution in [3.05, 3.63) is 59.7 Å². The first-order valence-electron chi connectivity index (χ1n) is 8.74. The Morgan fingerprint density at radius 3 is 2.48 bits per heavy atom. The average Bonchev–Trinajstić information content (AvgIpc) is 2.62. The normalized spacial score (nSPS) is 14.9. The summed E-state index contributed by atoms with van der Waals surface area (Å²) in [7, 11) is 0. The second-order valence-electron chi connectivity index (χ2n) is 7.02. The van der Waals surface area contributed by atoms with Crippen molar-refractivity contribution in [1.82, 2.24) is 0 Å². The number of aryl methyl sites for hydroxylation is 1. The number of amides is 2. The number of nitrogens with zero attached hydrogens (tertiary/aromatic N) is 1. The molecule has 0 aliphatic carbocycles. The molecule has 0 unspecified atom stereocenters. The van der Waals surface area contributed by atoms with Crippen LogP contribution >= 0.6 is 0 Å². The largest absolute Gasteiger partial charge is 0.455 e. The highest BCUT2D eigenvalue weighted by Crippen LogP contribution is 2.36. The Morgan fingerprint density at radius 1 is 1.07 bits per heavy atom. The number of benzene rings is 2. The minimum Gasteiger partial charge on any atom is -0.455 e. The van der Waals surface area contributed by atoms with Gasteiger partial charge in [0.25, 0.3) is 5.91 Å². The van der Waals surface area contributed by atoms with Crippen LogP contribution in [0, 0.1) is 6.92 Å². The van der Waals surface area contributed by atoms with Crippen molar-refractivity contribution in [2.75, 3.05) is 16.8 Å². The van der Waals surface area contributed by atoms with E-state index in [4.69, 9.17) is 4.74 Å². The SMILES string of the molecule is Cc1ccccc1CC(=O)OCC(=O)N1c2ccccc2NC(=O)C1(C)C. The standard InChI is InChI=1S/C21H22N2O4/c1-14-8-4-5-9-15(14)12-19(25)27-13-18(24)23-17-11-7-6-10-16(17)22-20(26)21(23,2)3/h4-11H,12-13H2,1-3H3,(H,22,26). The van der Waals surface area contributed by atoms with Crippen LogP contribution in [0.5, 0.6) is 0 Å². The van der Waals surface area contributed by atoms with E-state index in [1.807, 2.05) is 31.2 Å². The Labute approximate surface area is 158 Å². The van der Waals surface area contributed by atoms with Crippen LogP contribution < -0.4 is 10.2 Å². The van der Waals surface area contributed by atoms with Gasteiger partial charge in [0.1, 0.15) is 5.54 Å². The Balaban J connectivity index is 1.72. The van der Waals surface area contributed by atoms with Crippen molar-refractivity contribution in [2.45, 2.75) is 32.7 Å². The van der Waals surface area contributed by atoms with Gasteiger partial charge in [-0.25, -0.2) is 0 Å². The Morgan fingerprint density at radius 2 is 1.74 bits per heavy atom. The molecule has 0 bridgehead atoms. The number of fused-ring (bicyclic) bond motifs is 1. The molecule has 0 spiro atoms. The van der Waals surface area contributed by atoms with Crippen LogP contribution in [0.1, 0.15) is 25.0 Å². The summed E-state index contributed by atoms with van der Waals surface area (Å²) in [6, 6.07) is 14.6. The molecule has 140 valence electrons. The third-order valence-electron chi connectivity index (χ3n) is 4.71. The number of nitrogens with one attached hydrogen (secondary N) is 1. The number of anilines is 2. The topological polar surface area (TPSA) is 75.7 Å². The molecule has 0 aromatic heterocycles. The first-order valence-corrected chi connectivity index (χ1v) is 8.74. The molecule has 0 atom stereocenters.